The Kier molecular flexibility index (Phi) is 4.44. The quantitative estimate of drug-likeness (QED) is 0.310. The molecule has 2 nitrogen and oxygen atoms in total. The highest BCUT2D eigenvalue weighted by molar-refractivity contribution is 9.11. The van der Waals surface area contributed by atoms with Gasteiger partial charge in [-0.3, -0.25) is 8.63 Å². The number of allylic oxidation sites excluding steroid dienone is 2. The van der Waals surface area contributed by atoms with Crippen LogP contribution in [0.4, 0.5) is 21.8 Å². The number of hydrogen-bond acceptors (Lipinski definition) is 3. The summed E-state index contributed by atoms with van der Waals surface area (Å²) in [6.07, 6.45) is -3.56. The van der Waals surface area contributed by atoms with E-state index in [4.69, 9.17) is 0 Å². The predicted octanol–water partition coefficient (Wildman–Crippen LogP) is 5.45. The number of hydrogen-bond donors (Lipinski definition) is 0. The Balaban J connectivity index is 2.04. The summed E-state index contributed by atoms with van der Waals surface area (Å²) in [5, 5.41) is 0.387. The molecule has 0 aromatic carbocycles. The highest BCUT2D eigenvalue weighted by atomic mass is 79.9. The van der Waals surface area contributed by atoms with Crippen LogP contribution in [0.15, 0.2) is 36.5 Å². The molecule has 0 radical (unpaired) electrons. The van der Waals surface area contributed by atoms with Gasteiger partial charge in [-0.15, -0.1) is 22.7 Å². The largest absolute Gasteiger partial charge is 0.678 e. The van der Waals surface area contributed by atoms with Crippen LogP contribution in [-0.4, -0.2) is 18.1 Å². The van der Waals surface area contributed by atoms with Crippen molar-refractivity contribution in [1.29, 1.82) is 0 Å². The standard InChI is InChI=1S/C14H4BBr2F5N2S2/c16-11-2-5-9(25-11)1-6(23-5)13(14(18,19)20)8-3-10-7(4-12(17)26-10)24(8)15(21)22/h1-4H/b13-6+. The van der Waals surface area contributed by atoms with Crippen molar-refractivity contribution >= 4 is 83.8 Å². The number of halogens is 7. The van der Waals surface area contributed by atoms with E-state index < -0.39 is 24.8 Å². The zero-order valence-corrected chi connectivity index (χ0v) is 17.0. The van der Waals surface area contributed by atoms with Crippen LogP contribution in [-0.2, 0) is 0 Å². The fourth-order valence-corrected chi connectivity index (χ4v) is 5.83. The van der Waals surface area contributed by atoms with Gasteiger partial charge in [0, 0.05) is 5.69 Å². The minimum Gasteiger partial charge on any atom is -0.324 e. The summed E-state index contributed by atoms with van der Waals surface area (Å²) in [5.74, 6) is 0. The maximum absolute atomic E-state index is 13.8. The van der Waals surface area contributed by atoms with E-state index in [1.165, 1.54) is 23.5 Å². The fourth-order valence-electron chi connectivity index (χ4n) is 2.78. The zero-order chi connectivity index (χ0) is 18.8. The topological polar surface area (TPSA) is 17.3 Å². The molecule has 0 atom stereocenters. The molecule has 3 aromatic heterocycles. The lowest BCUT2D eigenvalue weighted by Gasteiger charge is -2.15. The lowest BCUT2D eigenvalue weighted by molar-refractivity contribution is -0.0695. The van der Waals surface area contributed by atoms with Crippen molar-refractivity contribution in [2.45, 2.75) is 6.18 Å². The van der Waals surface area contributed by atoms with Crippen molar-refractivity contribution in [3.05, 3.63) is 47.1 Å². The molecule has 0 fully saturated rings. The van der Waals surface area contributed by atoms with Gasteiger partial charge >= 0.3 is 13.6 Å². The van der Waals surface area contributed by atoms with Gasteiger partial charge in [0.05, 0.1) is 33.4 Å². The molecule has 134 valence electrons. The third-order valence-electron chi connectivity index (χ3n) is 3.71. The van der Waals surface area contributed by atoms with Crippen LogP contribution in [0.5, 0.6) is 0 Å². The molecule has 1 aliphatic rings. The summed E-state index contributed by atoms with van der Waals surface area (Å²) in [7, 11) is -3.12. The van der Waals surface area contributed by atoms with Gasteiger partial charge < -0.3 is 4.48 Å². The van der Waals surface area contributed by atoms with Crippen molar-refractivity contribution in [2.75, 3.05) is 0 Å². The van der Waals surface area contributed by atoms with E-state index in [0.717, 1.165) is 21.2 Å². The normalized spacial score (nSPS) is 15.8. The molecular formula is C14H4BBr2F5N2S2. The number of nitrogens with zero attached hydrogens (tertiary/aromatic N) is 2. The molecular weight excluding hydrogens is 526 g/mol. The molecule has 4 rings (SSSR count). The summed E-state index contributed by atoms with van der Waals surface area (Å²) in [6.45, 7) is 0. The van der Waals surface area contributed by atoms with Gasteiger partial charge in [0.2, 0.25) is 0 Å². The lowest BCUT2D eigenvalue weighted by Crippen LogP contribution is -2.21. The second kappa shape index (κ2) is 6.28. The molecule has 0 bridgehead atoms. The summed E-state index contributed by atoms with van der Waals surface area (Å²) in [4.78, 5) is 4.01. The number of aromatic nitrogens is 1. The van der Waals surface area contributed by atoms with Crippen LogP contribution < -0.4 is 9.89 Å². The minimum absolute atomic E-state index is 0.0461. The van der Waals surface area contributed by atoms with E-state index in [1.807, 2.05) is 0 Å². The van der Waals surface area contributed by atoms with Gasteiger partial charge in [-0.2, -0.15) is 13.2 Å². The first-order valence-corrected chi connectivity index (χ1v) is 10.1. The molecule has 0 amide bonds. The Bertz CT molecular complexity index is 1150. The van der Waals surface area contributed by atoms with E-state index in [0.29, 0.717) is 22.9 Å². The van der Waals surface area contributed by atoms with Crippen molar-refractivity contribution in [3.63, 3.8) is 0 Å². The summed E-state index contributed by atoms with van der Waals surface area (Å²) in [5.41, 5.74) is -2.08. The average Bonchev–Trinajstić information content (AvgIpc) is 3.16. The number of thiophene rings is 2. The predicted molar refractivity (Wildman–Crippen MR) is 101 cm³/mol. The van der Waals surface area contributed by atoms with Gasteiger partial charge in [0.1, 0.15) is 5.57 Å². The Hall–Kier alpha value is -0.975. The first kappa shape index (κ1) is 18.4. The molecule has 12 heteroatoms. The summed E-state index contributed by atoms with van der Waals surface area (Å²) >= 11 is 8.75. The van der Waals surface area contributed by atoms with E-state index >= 15 is 0 Å². The van der Waals surface area contributed by atoms with Gasteiger partial charge in [-0.1, -0.05) is 0 Å². The van der Waals surface area contributed by atoms with E-state index in [9.17, 15) is 21.8 Å². The van der Waals surface area contributed by atoms with E-state index in [-0.39, 0.29) is 11.2 Å². The third kappa shape index (κ3) is 3.00. The van der Waals surface area contributed by atoms with Crippen LogP contribution in [0, 0.1) is 0 Å². The van der Waals surface area contributed by atoms with Crippen LogP contribution in [0.3, 0.4) is 0 Å². The number of alkyl halides is 3. The molecule has 0 saturated heterocycles. The van der Waals surface area contributed by atoms with Crippen LogP contribution in [0.2, 0.25) is 0 Å². The molecule has 26 heavy (non-hydrogen) atoms. The number of fused-ring (bicyclic) bond motifs is 2. The molecule has 4 heterocycles. The van der Waals surface area contributed by atoms with Crippen LogP contribution in [0.1, 0.15) is 5.69 Å². The van der Waals surface area contributed by atoms with Gasteiger partial charge in [-0.25, -0.2) is 4.99 Å². The van der Waals surface area contributed by atoms with Crippen LogP contribution >= 0.6 is 54.5 Å². The highest BCUT2D eigenvalue weighted by Gasteiger charge is 2.41. The van der Waals surface area contributed by atoms with E-state index in [2.05, 4.69) is 36.9 Å². The molecule has 1 aliphatic heterocycles. The molecule has 0 aliphatic carbocycles. The zero-order valence-electron chi connectivity index (χ0n) is 12.2. The Morgan fingerprint density at radius 2 is 1.77 bits per heavy atom. The first-order valence-electron chi connectivity index (χ1n) is 6.91. The molecule has 0 spiro atoms. The smallest absolute Gasteiger partial charge is 0.324 e. The summed E-state index contributed by atoms with van der Waals surface area (Å²) in [6, 6.07) is 4.12. The second-order valence-electron chi connectivity index (χ2n) is 5.29. The second-order valence-corrected chi connectivity index (χ2v) is 10.2. The van der Waals surface area contributed by atoms with Gasteiger partial charge in [0.25, 0.3) is 0 Å². The van der Waals surface area contributed by atoms with Crippen molar-refractivity contribution in [3.8, 4) is 0 Å². The van der Waals surface area contributed by atoms with Crippen molar-refractivity contribution in [2.24, 2.45) is 4.99 Å². The lowest BCUT2D eigenvalue weighted by atomic mass is 10.1. The van der Waals surface area contributed by atoms with Crippen molar-refractivity contribution < 1.29 is 21.8 Å². The first-order chi connectivity index (χ1) is 12.1. The Morgan fingerprint density at radius 3 is 2.38 bits per heavy atom. The molecule has 0 saturated carbocycles. The van der Waals surface area contributed by atoms with Gasteiger partial charge in [-0.05, 0) is 56.1 Å². The molecule has 3 aromatic rings. The maximum atomic E-state index is 13.8. The minimum atomic E-state index is -4.84. The molecule has 0 N–H and O–H groups in total. The van der Waals surface area contributed by atoms with Gasteiger partial charge in [0.15, 0.2) is 0 Å². The summed E-state index contributed by atoms with van der Waals surface area (Å²) < 4.78 is 71.3. The highest BCUT2D eigenvalue weighted by Crippen LogP contribution is 2.42. The third-order valence-corrected chi connectivity index (χ3v) is 6.86. The van der Waals surface area contributed by atoms with Crippen molar-refractivity contribution in [1.82, 2.24) is 4.48 Å². The van der Waals surface area contributed by atoms with E-state index in [1.54, 1.807) is 6.07 Å². The SMILES string of the molecule is FB(F)n1c(/C(=C2/C=c3sc(Br)cc3=N2)C(F)(F)F)cc2sc(Br)cc21. The fraction of sp³-hybridized carbons (Fsp3) is 0.0714. The van der Waals surface area contributed by atoms with Crippen LogP contribution in [0.25, 0.3) is 21.9 Å². The number of rotatable bonds is 2. The average molecular weight is 530 g/mol. The maximum Gasteiger partial charge on any atom is 0.678 e. The Labute approximate surface area is 167 Å². The monoisotopic (exact) mass is 528 g/mol. The molecule has 0 unspecified atom stereocenters. The Morgan fingerprint density at radius 1 is 1.08 bits per heavy atom.